The summed E-state index contributed by atoms with van der Waals surface area (Å²) in [6, 6.07) is 0.260. The van der Waals surface area contributed by atoms with Crippen LogP contribution in [0.1, 0.15) is 32.8 Å². The first-order valence-electron chi connectivity index (χ1n) is 10.9. The van der Waals surface area contributed by atoms with Crippen molar-refractivity contribution >= 4 is 29.6 Å². The molecule has 0 heterocycles. The normalized spacial score (nSPS) is 15.3. The zero-order chi connectivity index (χ0) is 26.9. The fourth-order valence-corrected chi connectivity index (χ4v) is 3.02. The summed E-state index contributed by atoms with van der Waals surface area (Å²) in [6.07, 6.45) is -1.95. The van der Waals surface area contributed by atoms with Gasteiger partial charge in [-0.15, -0.1) is 0 Å². The van der Waals surface area contributed by atoms with E-state index in [4.69, 9.17) is 11.5 Å². The number of benzene rings is 1. The summed E-state index contributed by atoms with van der Waals surface area (Å²) in [6.45, 7) is 4.53. The van der Waals surface area contributed by atoms with E-state index in [9.17, 15) is 39.3 Å². The number of rotatable bonds is 13. The zero-order valence-electron chi connectivity index (χ0n) is 19.7. The molecule has 5 unspecified atom stereocenters. The van der Waals surface area contributed by atoms with E-state index in [-0.39, 0.29) is 12.2 Å². The van der Waals surface area contributed by atoms with Gasteiger partial charge in [0.25, 0.3) is 0 Å². The van der Waals surface area contributed by atoms with Gasteiger partial charge in [0.1, 0.15) is 29.9 Å². The molecule has 35 heavy (non-hydrogen) atoms. The van der Waals surface area contributed by atoms with Gasteiger partial charge in [0.2, 0.25) is 23.6 Å². The van der Waals surface area contributed by atoms with Crippen LogP contribution in [-0.4, -0.2) is 75.2 Å². The molecule has 13 heteroatoms. The van der Waals surface area contributed by atoms with Crippen LogP contribution in [0.25, 0.3) is 0 Å². The van der Waals surface area contributed by atoms with E-state index in [1.54, 1.807) is 13.8 Å². The third kappa shape index (κ3) is 9.59. The number of aliphatic hydroxyl groups excluding tert-OH is 1. The molecule has 0 bridgehead atoms. The van der Waals surface area contributed by atoms with Crippen molar-refractivity contribution in [2.24, 2.45) is 17.4 Å². The molecule has 5 atom stereocenters. The summed E-state index contributed by atoms with van der Waals surface area (Å²) in [5.41, 5.74) is 11.3. The predicted molar refractivity (Wildman–Crippen MR) is 124 cm³/mol. The number of carboxylic acids is 1. The van der Waals surface area contributed by atoms with Crippen molar-refractivity contribution in [1.82, 2.24) is 16.0 Å². The molecule has 1 aromatic rings. The van der Waals surface area contributed by atoms with Crippen LogP contribution >= 0.6 is 0 Å². The quantitative estimate of drug-likeness (QED) is 0.147. The minimum atomic E-state index is -1.52. The Morgan fingerprint density at radius 3 is 1.89 bits per heavy atom. The molecule has 0 aromatic heterocycles. The molecule has 0 saturated heterocycles. The number of aliphatic carboxylic acids is 1. The number of hydrogen-bond donors (Lipinski definition) is 8. The second-order valence-corrected chi connectivity index (χ2v) is 8.50. The highest BCUT2D eigenvalue weighted by atomic mass is 16.4. The number of nitrogens with two attached hydrogens (primary N) is 2. The van der Waals surface area contributed by atoms with E-state index in [1.165, 1.54) is 31.2 Å². The maximum atomic E-state index is 12.9. The lowest BCUT2D eigenvalue weighted by Crippen LogP contribution is -2.60. The molecule has 13 nitrogen and oxygen atoms in total. The lowest BCUT2D eigenvalue weighted by atomic mass is 10.0. The molecule has 0 aliphatic carbocycles. The summed E-state index contributed by atoms with van der Waals surface area (Å²) < 4.78 is 0. The van der Waals surface area contributed by atoms with Gasteiger partial charge in [0, 0.05) is 6.42 Å². The fourth-order valence-electron chi connectivity index (χ4n) is 3.02. The molecular formula is C22H33N5O8. The minimum Gasteiger partial charge on any atom is -0.508 e. The van der Waals surface area contributed by atoms with Crippen LogP contribution < -0.4 is 27.4 Å². The molecule has 0 saturated carbocycles. The van der Waals surface area contributed by atoms with E-state index in [1.807, 2.05) is 0 Å². The van der Waals surface area contributed by atoms with Gasteiger partial charge in [0.05, 0.1) is 12.5 Å². The molecule has 0 radical (unpaired) electrons. The summed E-state index contributed by atoms with van der Waals surface area (Å²) in [7, 11) is 0. The molecule has 4 amide bonds. The number of carbonyl (C=O) groups excluding carboxylic acids is 4. The summed E-state index contributed by atoms with van der Waals surface area (Å²) in [5.74, 6) is -5.40. The van der Waals surface area contributed by atoms with Crippen molar-refractivity contribution in [2.75, 3.05) is 0 Å². The molecular weight excluding hydrogens is 462 g/mol. The number of primary amides is 1. The highest BCUT2D eigenvalue weighted by Gasteiger charge is 2.33. The van der Waals surface area contributed by atoms with Gasteiger partial charge in [-0.2, -0.15) is 0 Å². The molecule has 0 spiro atoms. The number of carboxylic acid groups (broad SMARTS) is 1. The Kier molecular flexibility index (Phi) is 11.1. The standard InChI is InChI=1S/C22H33N5O8/c1-10(2)18(27-20(32)17(24)11(3)28)21(33)25-14(9-16(23)30)19(31)26-15(22(34)35)8-12-4-6-13(29)7-5-12/h4-7,10-11,14-15,17-18,28-29H,8-9,24H2,1-3H3,(H2,23,30)(H,25,33)(H,26,31)(H,27,32)(H,34,35). The largest absolute Gasteiger partial charge is 0.508 e. The van der Waals surface area contributed by atoms with Gasteiger partial charge in [-0.3, -0.25) is 19.2 Å². The molecule has 1 aromatic carbocycles. The fraction of sp³-hybridized carbons (Fsp3) is 0.500. The van der Waals surface area contributed by atoms with Crippen molar-refractivity contribution in [2.45, 2.75) is 63.9 Å². The van der Waals surface area contributed by atoms with Crippen LogP contribution in [0.2, 0.25) is 0 Å². The smallest absolute Gasteiger partial charge is 0.326 e. The van der Waals surface area contributed by atoms with Crippen LogP contribution in [-0.2, 0) is 30.4 Å². The Hall–Kier alpha value is -3.71. The van der Waals surface area contributed by atoms with Crippen LogP contribution in [0, 0.1) is 5.92 Å². The molecule has 1 rings (SSSR count). The van der Waals surface area contributed by atoms with Crippen molar-refractivity contribution in [1.29, 1.82) is 0 Å². The average Bonchev–Trinajstić information content (AvgIpc) is 2.76. The Bertz CT molecular complexity index is 919. The third-order valence-corrected chi connectivity index (χ3v) is 5.10. The number of phenolic OH excluding ortho intramolecular Hbond substituents is 1. The first-order chi connectivity index (χ1) is 16.2. The Morgan fingerprint density at radius 2 is 1.43 bits per heavy atom. The Labute approximate surface area is 202 Å². The number of aromatic hydroxyl groups is 1. The number of phenols is 1. The summed E-state index contributed by atoms with van der Waals surface area (Å²) in [5, 5.41) is 35.4. The van der Waals surface area contributed by atoms with E-state index in [0.29, 0.717) is 5.56 Å². The first-order valence-corrected chi connectivity index (χ1v) is 10.9. The van der Waals surface area contributed by atoms with Crippen LogP contribution in [0.4, 0.5) is 0 Å². The maximum Gasteiger partial charge on any atom is 0.326 e. The third-order valence-electron chi connectivity index (χ3n) is 5.10. The minimum absolute atomic E-state index is 0.0184. The number of amides is 4. The average molecular weight is 496 g/mol. The Morgan fingerprint density at radius 1 is 0.886 bits per heavy atom. The lowest BCUT2D eigenvalue weighted by molar-refractivity contribution is -0.142. The van der Waals surface area contributed by atoms with Crippen molar-refractivity contribution in [3.63, 3.8) is 0 Å². The monoisotopic (exact) mass is 495 g/mol. The molecule has 0 aliphatic rings. The second kappa shape index (κ2) is 13.2. The molecule has 10 N–H and O–H groups in total. The van der Waals surface area contributed by atoms with E-state index >= 15 is 0 Å². The number of aliphatic hydroxyl groups is 1. The van der Waals surface area contributed by atoms with Gasteiger partial charge in [-0.1, -0.05) is 26.0 Å². The number of nitrogens with one attached hydrogen (secondary N) is 3. The lowest BCUT2D eigenvalue weighted by Gasteiger charge is -2.27. The van der Waals surface area contributed by atoms with Crippen molar-refractivity contribution in [3.05, 3.63) is 29.8 Å². The van der Waals surface area contributed by atoms with Gasteiger partial charge < -0.3 is 42.7 Å². The SMILES string of the molecule is CC(C)C(NC(=O)C(N)C(C)O)C(=O)NC(CC(N)=O)C(=O)NC(Cc1ccc(O)cc1)C(=O)O. The van der Waals surface area contributed by atoms with Crippen molar-refractivity contribution < 1.29 is 39.3 Å². The highest BCUT2D eigenvalue weighted by molar-refractivity contribution is 5.96. The van der Waals surface area contributed by atoms with E-state index < -0.39 is 72.2 Å². The topological polar surface area (TPSA) is 234 Å². The zero-order valence-corrected chi connectivity index (χ0v) is 19.7. The maximum absolute atomic E-state index is 12.9. The van der Waals surface area contributed by atoms with Crippen LogP contribution in [0.15, 0.2) is 24.3 Å². The van der Waals surface area contributed by atoms with Gasteiger partial charge >= 0.3 is 5.97 Å². The first kappa shape index (κ1) is 29.3. The summed E-state index contributed by atoms with van der Waals surface area (Å²) >= 11 is 0. The summed E-state index contributed by atoms with van der Waals surface area (Å²) in [4.78, 5) is 61.1. The molecule has 194 valence electrons. The predicted octanol–water partition coefficient (Wildman–Crippen LogP) is -2.29. The number of hydrogen-bond acceptors (Lipinski definition) is 8. The van der Waals surface area contributed by atoms with Crippen LogP contribution in [0.3, 0.4) is 0 Å². The Balaban J connectivity index is 3.01. The number of carbonyl (C=O) groups is 5. The molecule has 0 aliphatic heterocycles. The molecule has 0 fully saturated rings. The van der Waals surface area contributed by atoms with Gasteiger partial charge in [-0.25, -0.2) is 4.79 Å². The van der Waals surface area contributed by atoms with Crippen LogP contribution in [0.5, 0.6) is 5.75 Å². The highest BCUT2D eigenvalue weighted by Crippen LogP contribution is 2.12. The second-order valence-electron chi connectivity index (χ2n) is 8.50. The van der Waals surface area contributed by atoms with E-state index in [0.717, 1.165) is 0 Å². The van der Waals surface area contributed by atoms with Crippen molar-refractivity contribution in [3.8, 4) is 5.75 Å². The van der Waals surface area contributed by atoms with Gasteiger partial charge in [-0.05, 0) is 30.5 Å². The van der Waals surface area contributed by atoms with Gasteiger partial charge in [0.15, 0.2) is 0 Å². The van der Waals surface area contributed by atoms with E-state index in [2.05, 4.69) is 16.0 Å².